The molecule has 1 aliphatic heterocycles. The summed E-state index contributed by atoms with van der Waals surface area (Å²) in [5, 5.41) is 7.47. The number of aromatic nitrogens is 3. The van der Waals surface area contributed by atoms with Gasteiger partial charge in [-0.15, -0.1) is 0 Å². The SMILES string of the molecule is COc1cc(C)c(CN2CCC(n3nccc3NC(=O)c3cccnc3)CC2)cc1C. The Bertz CT molecular complexity index is 1040. The van der Waals surface area contributed by atoms with Crippen LogP contribution in [0.2, 0.25) is 0 Å². The predicted molar refractivity (Wildman–Crippen MR) is 120 cm³/mol. The van der Waals surface area contributed by atoms with E-state index < -0.39 is 0 Å². The van der Waals surface area contributed by atoms with Gasteiger partial charge in [-0.25, -0.2) is 4.68 Å². The molecule has 7 heteroatoms. The Kier molecular flexibility index (Phi) is 6.32. The van der Waals surface area contributed by atoms with E-state index in [2.05, 4.69) is 46.3 Å². The number of rotatable bonds is 6. The minimum atomic E-state index is -0.169. The molecule has 1 N–H and O–H groups in total. The maximum Gasteiger partial charge on any atom is 0.258 e. The van der Waals surface area contributed by atoms with Crippen LogP contribution in [-0.2, 0) is 6.54 Å². The molecule has 162 valence electrons. The molecule has 0 bridgehead atoms. The summed E-state index contributed by atoms with van der Waals surface area (Å²) in [6.45, 7) is 7.15. The Balaban J connectivity index is 1.37. The molecule has 0 aliphatic carbocycles. The summed E-state index contributed by atoms with van der Waals surface area (Å²) in [5.74, 6) is 1.51. The van der Waals surface area contributed by atoms with E-state index >= 15 is 0 Å². The normalized spacial score (nSPS) is 15.1. The Morgan fingerprint density at radius 2 is 1.97 bits per heavy atom. The molecule has 0 spiro atoms. The highest BCUT2D eigenvalue weighted by Crippen LogP contribution is 2.28. The lowest BCUT2D eigenvalue weighted by Crippen LogP contribution is -2.35. The monoisotopic (exact) mass is 419 g/mol. The van der Waals surface area contributed by atoms with Gasteiger partial charge in [0.2, 0.25) is 0 Å². The van der Waals surface area contributed by atoms with E-state index in [1.807, 2.05) is 10.7 Å². The molecule has 2 aromatic heterocycles. The number of nitrogens with one attached hydrogen (secondary N) is 1. The van der Waals surface area contributed by atoms with Crippen LogP contribution in [0.1, 0.15) is 45.9 Å². The number of methoxy groups -OCH3 is 1. The fraction of sp³-hybridized carbons (Fsp3) is 0.375. The highest BCUT2D eigenvalue weighted by atomic mass is 16.5. The summed E-state index contributed by atoms with van der Waals surface area (Å²) in [6.07, 6.45) is 6.95. The standard InChI is InChI=1S/C24H29N5O2/c1-17-14-22(31-3)18(2)13-20(17)16-28-11-7-21(8-12-28)29-23(6-10-26-29)27-24(30)19-5-4-9-25-15-19/h4-6,9-10,13-15,21H,7-8,11-12,16H2,1-3H3,(H,27,30). The number of amides is 1. The number of aryl methyl sites for hydroxylation is 2. The number of ether oxygens (including phenoxy) is 1. The Morgan fingerprint density at radius 3 is 2.68 bits per heavy atom. The molecule has 0 atom stereocenters. The zero-order valence-electron chi connectivity index (χ0n) is 18.3. The average molecular weight is 420 g/mol. The van der Waals surface area contributed by atoms with Crippen molar-refractivity contribution in [3.63, 3.8) is 0 Å². The minimum absolute atomic E-state index is 0.169. The third-order valence-electron chi connectivity index (χ3n) is 5.99. The van der Waals surface area contributed by atoms with Gasteiger partial charge in [0.1, 0.15) is 11.6 Å². The Labute approximate surface area is 183 Å². The van der Waals surface area contributed by atoms with Crippen LogP contribution in [0.3, 0.4) is 0 Å². The van der Waals surface area contributed by atoms with Crippen molar-refractivity contribution in [1.82, 2.24) is 19.7 Å². The zero-order chi connectivity index (χ0) is 21.8. The lowest BCUT2D eigenvalue weighted by Gasteiger charge is -2.33. The number of carbonyl (C=O) groups excluding carboxylic acids is 1. The lowest BCUT2D eigenvalue weighted by atomic mass is 10.0. The van der Waals surface area contributed by atoms with Gasteiger partial charge in [0.25, 0.3) is 5.91 Å². The fourth-order valence-corrected chi connectivity index (χ4v) is 4.19. The van der Waals surface area contributed by atoms with Crippen molar-refractivity contribution >= 4 is 11.7 Å². The van der Waals surface area contributed by atoms with Crippen molar-refractivity contribution in [3.05, 3.63) is 71.2 Å². The highest BCUT2D eigenvalue weighted by molar-refractivity contribution is 6.03. The van der Waals surface area contributed by atoms with Gasteiger partial charge in [-0.1, -0.05) is 6.07 Å². The van der Waals surface area contributed by atoms with E-state index in [4.69, 9.17) is 4.74 Å². The van der Waals surface area contributed by atoms with Gasteiger partial charge in [0.05, 0.1) is 24.9 Å². The molecule has 1 fully saturated rings. The van der Waals surface area contributed by atoms with Gasteiger partial charge in [0, 0.05) is 38.1 Å². The number of carbonyl (C=O) groups is 1. The van der Waals surface area contributed by atoms with E-state index in [0.717, 1.165) is 44.0 Å². The van der Waals surface area contributed by atoms with Crippen LogP contribution in [0.4, 0.5) is 5.82 Å². The number of nitrogens with zero attached hydrogens (tertiary/aromatic N) is 4. The van der Waals surface area contributed by atoms with Crippen molar-refractivity contribution in [1.29, 1.82) is 0 Å². The molecular formula is C24H29N5O2. The van der Waals surface area contributed by atoms with Crippen LogP contribution in [-0.4, -0.2) is 45.8 Å². The maximum absolute atomic E-state index is 12.5. The summed E-state index contributed by atoms with van der Waals surface area (Å²) in [7, 11) is 1.72. The number of anilines is 1. The summed E-state index contributed by atoms with van der Waals surface area (Å²) in [6, 6.07) is 10.00. The van der Waals surface area contributed by atoms with Crippen LogP contribution in [0.15, 0.2) is 48.9 Å². The second kappa shape index (κ2) is 9.31. The number of benzene rings is 1. The first-order valence-electron chi connectivity index (χ1n) is 10.7. The minimum Gasteiger partial charge on any atom is -0.496 e. The van der Waals surface area contributed by atoms with Crippen LogP contribution in [0, 0.1) is 13.8 Å². The molecule has 3 heterocycles. The smallest absolute Gasteiger partial charge is 0.258 e. The van der Waals surface area contributed by atoms with E-state index in [-0.39, 0.29) is 11.9 Å². The molecular weight excluding hydrogens is 390 g/mol. The topological polar surface area (TPSA) is 72.3 Å². The first kappa shape index (κ1) is 21.1. The Morgan fingerprint density at radius 1 is 1.16 bits per heavy atom. The first-order chi connectivity index (χ1) is 15.0. The highest BCUT2D eigenvalue weighted by Gasteiger charge is 2.24. The van der Waals surface area contributed by atoms with Crippen LogP contribution in [0.25, 0.3) is 0 Å². The van der Waals surface area contributed by atoms with E-state index in [1.165, 1.54) is 16.7 Å². The number of piperidine rings is 1. The van der Waals surface area contributed by atoms with Gasteiger partial charge >= 0.3 is 0 Å². The number of hydrogen-bond donors (Lipinski definition) is 1. The van der Waals surface area contributed by atoms with E-state index in [0.29, 0.717) is 5.56 Å². The van der Waals surface area contributed by atoms with Crippen LogP contribution < -0.4 is 10.1 Å². The van der Waals surface area contributed by atoms with Crippen molar-refractivity contribution in [2.75, 3.05) is 25.5 Å². The summed E-state index contributed by atoms with van der Waals surface area (Å²) < 4.78 is 7.39. The number of pyridine rings is 1. The molecule has 0 saturated carbocycles. The fourth-order valence-electron chi connectivity index (χ4n) is 4.19. The van der Waals surface area contributed by atoms with Crippen LogP contribution in [0.5, 0.6) is 5.75 Å². The molecule has 7 nitrogen and oxygen atoms in total. The van der Waals surface area contributed by atoms with Gasteiger partial charge < -0.3 is 10.1 Å². The first-order valence-corrected chi connectivity index (χ1v) is 10.7. The predicted octanol–water partition coefficient (Wildman–Crippen LogP) is 3.99. The van der Waals surface area contributed by atoms with Gasteiger partial charge in [-0.2, -0.15) is 5.10 Å². The third-order valence-corrected chi connectivity index (χ3v) is 5.99. The molecule has 3 aromatic rings. The molecule has 1 aliphatic rings. The quantitative estimate of drug-likeness (QED) is 0.654. The van der Waals surface area contributed by atoms with Crippen LogP contribution >= 0.6 is 0 Å². The summed E-state index contributed by atoms with van der Waals surface area (Å²) >= 11 is 0. The van der Waals surface area contributed by atoms with Gasteiger partial charge in [-0.05, 0) is 61.6 Å². The summed E-state index contributed by atoms with van der Waals surface area (Å²) in [5.41, 5.74) is 4.32. The zero-order valence-corrected chi connectivity index (χ0v) is 18.3. The largest absolute Gasteiger partial charge is 0.496 e. The maximum atomic E-state index is 12.5. The third kappa shape index (κ3) is 4.77. The van der Waals surface area contributed by atoms with Gasteiger partial charge in [0.15, 0.2) is 0 Å². The molecule has 0 radical (unpaired) electrons. The molecule has 31 heavy (non-hydrogen) atoms. The Hall–Kier alpha value is -3.19. The van der Waals surface area contributed by atoms with Crippen molar-refractivity contribution < 1.29 is 9.53 Å². The van der Waals surface area contributed by atoms with E-state index in [9.17, 15) is 4.79 Å². The van der Waals surface area contributed by atoms with Gasteiger partial charge in [-0.3, -0.25) is 14.7 Å². The second-order valence-electron chi connectivity index (χ2n) is 8.11. The molecule has 1 amide bonds. The summed E-state index contributed by atoms with van der Waals surface area (Å²) in [4.78, 5) is 19.0. The average Bonchev–Trinajstić information content (AvgIpc) is 3.25. The van der Waals surface area contributed by atoms with Crippen molar-refractivity contribution in [2.24, 2.45) is 0 Å². The number of hydrogen-bond acceptors (Lipinski definition) is 5. The van der Waals surface area contributed by atoms with E-state index in [1.54, 1.807) is 37.8 Å². The lowest BCUT2D eigenvalue weighted by molar-refractivity contribution is 0.102. The van der Waals surface area contributed by atoms with Crippen molar-refractivity contribution in [3.8, 4) is 5.75 Å². The second-order valence-corrected chi connectivity index (χ2v) is 8.11. The molecule has 1 aromatic carbocycles. The van der Waals surface area contributed by atoms with Crippen molar-refractivity contribution in [2.45, 2.75) is 39.3 Å². The number of likely N-dealkylation sites (tertiary alicyclic amines) is 1. The molecule has 0 unspecified atom stereocenters. The molecule has 1 saturated heterocycles. The molecule has 4 rings (SSSR count).